The minimum absolute atomic E-state index is 0.215. The van der Waals surface area contributed by atoms with Gasteiger partial charge in [0.15, 0.2) is 0 Å². The van der Waals surface area contributed by atoms with Gasteiger partial charge in [-0.25, -0.2) is 0 Å². The molecule has 128 valence electrons. The van der Waals surface area contributed by atoms with Crippen LogP contribution >= 0.6 is 11.8 Å². The van der Waals surface area contributed by atoms with E-state index < -0.39 is 23.7 Å². The van der Waals surface area contributed by atoms with Crippen molar-refractivity contribution in [2.45, 2.75) is 6.92 Å². The van der Waals surface area contributed by atoms with Crippen molar-refractivity contribution in [1.82, 2.24) is 4.90 Å². The van der Waals surface area contributed by atoms with Gasteiger partial charge in [0, 0.05) is 11.1 Å². The first-order valence-electron chi connectivity index (χ1n) is 6.96. The number of rotatable bonds is 5. The van der Waals surface area contributed by atoms with Gasteiger partial charge in [-0.3, -0.25) is 19.3 Å². The zero-order valence-electron chi connectivity index (χ0n) is 13.7. The number of carbonyl (C=O) groups excluding carboxylic acids is 3. The van der Waals surface area contributed by atoms with Crippen molar-refractivity contribution in [1.29, 1.82) is 0 Å². The Hall–Kier alpha value is -2.48. The summed E-state index contributed by atoms with van der Waals surface area (Å²) < 4.78 is 15.1. The first-order valence-corrected chi connectivity index (χ1v) is 7.78. The monoisotopic (exact) mass is 351 g/mol. The highest BCUT2D eigenvalue weighted by atomic mass is 32.2. The number of amides is 2. The summed E-state index contributed by atoms with van der Waals surface area (Å²) in [6, 6.07) is 3.49. The lowest BCUT2D eigenvalue weighted by molar-refractivity contribution is -0.143. The number of hydrogen-bond donors (Lipinski definition) is 0. The Morgan fingerprint density at radius 2 is 1.92 bits per heavy atom. The van der Waals surface area contributed by atoms with Crippen LogP contribution in [0.2, 0.25) is 0 Å². The lowest BCUT2D eigenvalue weighted by Gasteiger charge is -2.13. The van der Waals surface area contributed by atoms with Crippen LogP contribution in [0.15, 0.2) is 17.0 Å². The average molecular weight is 351 g/mol. The number of hydrogen-bond acceptors (Lipinski definition) is 7. The Balaban J connectivity index is 2.36. The number of esters is 1. The summed E-state index contributed by atoms with van der Waals surface area (Å²) >= 11 is 0.768. The van der Waals surface area contributed by atoms with Gasteiger partial charge < -0.3 is 14.2 Å². The van der Waals surface area contributed by atoms with Crippen molar-refractivity contribution >= 4 is 35.0 Å². The van der Waals surface area contributed by atoms with E-state index in [1.54, 1.807) is 25.3 Å². The van der Waals surface area contributed by atoms with Gasteiger partial charge in [0.25, 0.3) is 11.1 Å². The maximum Gasteiger partial charge on any atom is 0.325 e. The number of benzene rings is 1. The average Bonchev–Trinajstić information content (AvgIpc) is 2.82. The number of nitrogens with zero attached hydrogens (tertiary/aromatic N) is 1. The van der Waals surface area contributed by atoms with E-state index in [2.05, 4.69) is 4.74 Å². The Labute approximate surface area is 143 Å². The predicted octanol–water partition coefficient (Wildman–Crippen LogP) is 2.22. The Bertz CT molecular complexity index is 728. The summed E-state index contributed by atoms with van der Waals surface area (Å²) in [4.78, 5) is 36.6. The normalized spacial score (nSPS) is 15.8. The number of imide groups is 1. The second-order valence-electron chi connectivity index (χ2n) is 4.86. The van der Waals surface area contributed by atoms with Gasteiger partial charge in [0.1, 0.15) is 18.0 Å². The van der Waals surface area contributed by atoms with Gasteiger partial charge >= 0.3 is 5.97 Å². The summed E-state index contributed by atoms with van der Waals surface area (Å²) in [5.74, 6) is 0.0132. The highest BCUT2D eigenvalue weighted by Crippen LogP contribution is 2.37. The SMILES string of the molecule is COC(=O)CN1C(=O)SC(=Cc2ccc(OC)c(C)c2OC)C1=O. The molecule has 1 aromatic rings. The molecule has 8 heteroatoms. The second kappa shape index (κ2) is 7.39. The molecule has 1 saturated heterocycles. The smallest absolute Gasteiger partial charge is 0.325 e. The van der Waals surface area contributed by atoms with Gasteiger partial charge in [-0.15, -0.1) is 0 Å². The van der Waals surface area contributed by atoms with Gasteiger partial charge in [-0.05, 0) is 36.9 Å². The fourth-order valence-electron chi connectivity index (χ4n) is 2.27. The molecule has 0 saturated carbocycles. The highest BCUT2D eigenvalue weighted by molar-refractivity contribution is 8.18. The minimum atomic E-state index is -0.656. The molecule has 2 rings (SSSR count). The van der Waals surface area contributed by atoms with Crippen LogP contribution in [0, 0.1) is 6.92 Å². The second-order valence-corrected chi connectivity index (χ2v) is 5.85. The third-order valence-electron chi connectivity index (χ3n) is 3.49. The van der Waals surface area contributed by atoms with Crippen LogP contribution in [-0.2, 0) is 14.3 Å². The fourth-order valence-corrected chi connectivity index (χ4v) is 3.10. The van der Waals surface area contributed by atoms with E-state index in [1.165, 1.54) is 14.2 Å². The molecule has 0 aromatic heterocycles. The van der Waals surface area contributed by atoms with Crippen LogP contribution in [0.1, 0.15) is 11.1 Å². The van der Waals surface area contributed by atoms with Crippen molar-refractivity contribution in [3.05, 3.63) is 28.2 Å². The van der Waals surface area contributed by atoms with Crippen molar-refractivity contribution < 1.29 is 28.6 Å². The van der Waals surface area contributed by atoms with Crippen molar-refractivity contribution in [3.8, 4) is 11.5 Å². The van der Waals surface area contributed by atoms with Crippen LogP contribution in [0.5, 0.6) is 11.5 Å². The molecule has 24 heavy (non-hydrogen) atoms. The standard InChI is InChI=1S/C16H17NO6S/c1-9-11(21-2)6-5-10(14(9)23-4)7-12-15(19)17(16(20)24-12)8-13(18)22-3/h5-7H,8H2,1-4H3. The zero-order valence-corrected chi connectivity index (χ0v) is 14.6. The summed E-state index contributed by atoms with van der Waals surface area (Å²) in [6.07, 6.45) is 1.56. The molecule has 1 aliphatic heterocycles. The molecule has 2 amide bonds. The maximum atomic E-state index is 12.3. The number of ether oxygens (including phenoxy) is 3. The minimum Gasteiger partial charge on any atom is -0.496 e. The Kier molecular flexibility index (Phi) is 5.50. The molecular weight excluding hydrogens is 334 g/mol. The molecule has 0 radical (unpaired) electrons. The molecule has 0 unspecified atom stereocenters. The quantitative estimate of drug-likeness (QED) is 0.594. The van der Waals surface area contributed by atoms with E-state index in [1.807, 2.05) is 6.92 Å². The first kappa shape index (κ1) is 17.9. The van der Waals surface area contributed by atoms with E-state index in [4.69, 9.17) is 9.47 Å². The Morgan fingerprint density at radius 1 is 1.21 bits per heavy atom. The molecule has 1 heterocycles. The molecule has 0 bridgehead atoms. The van der Waals surface area contributed by atoms with Crippen molar-refractivity contribution in [3.63, 3.8) is 0 Å². The predicted molar refractivity (Wildman–Crippen MR) is 89.0 cm³/mol. The van der Waals surface area contributed by atoms with Crippen LogP contribution in [0.4, 0.5) is 4.79 Å². The summed E-state index contributed by atoms with van der Waals surface area (Å²) in [5.41, 5.74) is 1.42. The molecule has 1 aliphatic rings. The molecule has 0 aliphatic carbocycles. The van der Waals surface area contributed by atoms with E-state index >= 15 is 0 Å². The molecule has 0 N–H and O–H groups in total. The first-order chi connectivity index (χ1) is 11.4. The van der Waals surface area contributed by atoms with Crippen LogP contribution < -0.4 is 9.47 Å². The fraction of sp³-hybridized carbons (Fsp3) is 0.312. The number of carbonyl (C=O) groups is 3. The largest absolute Gasteiger partial charge is 0.496 e. The van der Waals surface area contributed by atoms with Crippen LogP contribution in [0.3, 0.4) is 0 Å². The summed E-state index contributed by atoms with van der Waals surface area (Å²) in [6.45, 7) is 1.43. The number of methoxy groups -OCH3 is 3. The van der Waals surface area contributed by atoms with E-state index in [0.717, 1.165) is 22.2 Å². The topological polar surface area (TPSA) is 82.1 Å². The summed E-state index contributed by atoms with van der Waals surface area (Å²) in [7, 11) is 4.27. The van der Waals surface area contributed by atoms with Crippen molar-refractivity contribution in [2.75, 3.05) is 27.9 Å². The van der Waals surface area contributed by atoms with E-state index in [9.17, 15) is 14.4 Å². The molecule has 0 spiro atoms. The van der Waals surface area contributed by atoms with Gasteiger partial charge in [0.05, 0.1) is 26.2 Å². The number of thioether (sulfide) groups is 1. The zero-order chi connectivity index (χ0) is 17.9. The molecule has 7 nitrogen and oxygen atoms in total. The van der Waals surface area contributed by atoms with Gasteiger partial charge in [-0.2, -0.15) is 0 Å². The van der Waals surface area contributed by atoms with Crippen LogP contribution in [-0.4, -0.2) is 49.9 Å². The van der Waals surface area contributed by atoms with E-state index in [-0.39, 0.29) is 4.91 Å². The molecular formula is C16H17NO6S. The third kappa shape index (κ3) is 3.38. The highest BCUT2D eigenvalue weighted by Gasteiger charge is 2.36. The lowest BCUT2D eigenvalue weighted by Crippen LogP contribution is -2.34. The molecule has 1 fully saturated rings. The van der Waals surface area contributed by atoms with Gasteiger partial charge in [0.2, 0.25) is 0 Å². The molecule has 1 aromatic carbocycles. The Morgan fingerprint density at radius 3 is 2.50 bits per heavy atom. The summed E-state index contributed by atoms with van der Waals surface area (Å²) in [5, 5.41) is -0.513. The van der Waals surface area contributed by atoms with Crippen molar-refractivity contribution in [2.24, 2.45) is 0 Å². The maximum absolute atomic E-state index is 12.3. The molecule has 0 atom stereocenters. The third-order valence-corrected chi connectivity index (χ3v) is 4.39. The van der Waals surface area contributed by atoms with Gasteiger partial charge in [-0.1, -0.05) is 0 Å². The van der Waals surface area contributed by atoms with Crippen LogP contribution in [0.25, 0.3) is 6.08 Å². The van der Waals surface area contributed by atoms with E-state index in [0.29, 0.717) is 17.1 Å². The lowest BCUT2D eigenvalue weighted by atomic mass is 10.1.